The Morgan fingerprint density at radius 3 is 2.64 bits per heavy atom. The van der Waals surface area contributed by atoms with E-state index in [9.17, 15) is 18.0 Å². The van der Waals surface area contributed by atoms with Gasteiger partial charge in [-0.1, -0.05) is 11.2 Å². The predicted molar refractivity (Wildman–Crippen MR) is 114 cm³/mol. The Balaban J connectivity index is 1.53. The highest BCUT2D eigenvalue weighted by molar-refractivity contribution is 6.09. The van der Waals surface area contributed by atoms with Crippen molar-refractivity contribution in [2.75, 3.05) is 11.4 Å². The van der Waals surface area contributed by atoms with Gasteiger partial charge in [-0.05, 0) is 49.7 Å². The summed E-state index contributed by atoms with van der Waals surface area (Å²) in [4.78, 5) is 19.2. The van der Waals surface area contributed by atoms with Crippen molar-refractivity contribution in [1.29, 1.82) is 0 Å². The highest BCUT2D eigenvalue weighted by Gasteiger charge is 2.36. The number of fused-ring (bicyclic) bond motifs is 1. The van der Waals surface area contributed by atoms with Crippen LogP contribution in [0.25, 0.3) is 22.7 Å². The number of halogens is 3. The highest BCUT2D eigenvalue weighted by atomic mass is 19.4. The van der Waals surface area contributed by atoms with Gasteiger partial charge in [0.15, 0.2) is 5.76 Å². The van der Waals surface area contributed by atoms with Gasteiger partial charge in [-0.2, -0.15) is 18.3 Å². The largest absolute Gasteiger partial charge is 0.416 e. The van der Waals surface area contributed by atoms with Gasteiger partial charge in [0.05, 0.1) is 29.1 Å². The van der Waals surface area contributed by atoms with E-state index in [0.29, 0.717) is 28.4 Å². The first kappa shape index (κ1) is 20.9. The van der Waals surface area contributed by atoms with Crippen LogP contribution in [0.3, 0.4) is 0 Å². The minimum Gasteiger partial charge on any atom is -0.355 e. The van der Waals surface area contributed by atoms with E-state index in [-0.39, 0.29) is 29.8 Å². The van der Waals surface area contributed by atoms with Crippen LogP contribution in [-0.2, 0) is 6.18 Å². The quantitative estimate of drug-likeness (QED) is 0.429. The standard InChI is InChI=1S/C23H18F3N5O2/c1-13-9-15(6-7-17(13)23(24,25)26)30-12-14(2)31-21(22(30)32)16(11-28-31)20-10-19(29-33-20)18-5-3-4-8-27-18/h3-11,14H,12H2,1-2H3. The van der Waals surface area contributed by atoms with E-state index in [2.05, 4.69) is 15.2 Å². The zero-order chi connectivity index (χ0) is 23.3. The zero-order valence-electron chi connectivity index (χ0n) is 17.7. The normalized spacial score (nSPS) is 16.2. The summed E-state index contributed by atoms with van der Waals surface area (Å²) in [6.45, 7) is 3.54. The van der Waals surface area contributed by atoms with Gasteiger partial charge in [0.1, 0.15) is 11.4 Å². The predicted octanol–water partition coefficient (Wildman–Crippen LogP) is 5.15. The van der Waals surface area contributed by atoms with E-state index in [4.69, 9.17) is 4.52 Å². The second-order valence-electron chi connectivity index (χ2n) is 7.90. The molecule has 1 aromatic carbocycles. The fourth-order valence-electron chi connectivity index (χ4n) is 4.04. The highest BCUT2D eigenvalue weighted by Crippen LogP contribution is 2.37. The molecule has 1 unspecified atom stereocenters. The number of alkyl halides is 3. The second kappa shape index (κ2) is 7.58. The Kier molecular flexibility index (Phi) is 4.80. The number of amides is 1. The van der Waals surface area contributed by atoms with E-state index in [0.717, 1.165) is 6.07 Å². The molecule has 0 aliphatic carbocycles. The van der Waals surface area contributed by atoms with Crippen LogP contribution in [0, 0.1) is 6.92 Å². The van der Waals surface area contributed by atoms with Gasteiger partial charge < -0.3 is 9.42 Å². The molecule has 0 radical (unpaired) electrons. The number of pyridine rings is 1. The van der Waals surface area contributed by atoms with Crippen LogP contribution >= 0.6 is 0 Å². The minimum absolute atomic E-state index is 0.0509. The molecule has 1 amide bonds. The summed E-state index contributed by atoms with van der Waals surface area (Å²) in [5.74, 6) is -0.0292. The lowest BCUT2D eigenvalue weighted by Gasteiger charge is -2.32. The average Bonchev–Trinajstić information content (AvgIpc) is 3.43. The Morgan fingerprint density at radius 1 is 1.12 bits per heavy atom. The first-order valence-electron chi connectivity index (χ1n) is 10.2. The molecule has 1 atom stereocenters. The van der Waals surface area contributed by atoms with E-state index in [1.54, 1.807) is 29.1 Å². The van der Waals surface area contributed by atoms with Crippen molar-refractivity contribution in [3.63, 3.8) is 0 Å². The SMILES string of the molecule is Cc1cc(N2CC(C)n3ncc(-c4cc(-c5ccccn5)no4)c3C2=O)ccc1C(F)(F)F. The van der Waals surface area contributed by atoms with Crippen LogP contribution < -0.4 is 4.90 Å². The van der Waals surface area contributed by atoms with E-state index < -0.39 is 11.7 Å². The van der Waals surface area contributed by atoms with E-state index in [1.807, 2.05) is 13.0 Å². The second-order valence-corrected chi connectivity index (χ2v) is 7.90. The molecule has 0 spiro atoms. The molecule has 4 aromatic rings. The van der Waals surface area contributed by atoms with Gasteiger partial charge in [0.25, 0.3) is 5.91 Å². The molecule has 168 valence electrons. The summed E-state index contributed by atoms with van der Waals surface area (Å²) in [7, 11) is 0. The lowest BCUT2D eigenvalue weighted by Crippen LogP contribution is -2.42. The molecule has 10 heteroatoms. The number of carbonyl (C=O) groups excluding carboxylic acids is 1. The lowest BCUT2D eigenvalue weighted by molar-refractivity contribution is -0.138. The average molecular weight is 453 g/mol. The maximum atomic E-state index is 13.5. The summed E-state index contributed by atoms with van der Waals surface area (Å²) in [6.07, 6.45) is -1.28. The number of hydrogen-bond acceptors (Lipinski definition) is 5. The third-order valence-electron chi connectivity index (χ3n) is 5.64. The van der Waals surface area contributed by atoms with Crippen LogP contribution in [0.4, 0.5) is 18.9 Å². The zero-order valence-corrected chi connectivity index (χ0v) is 17.7. The van der Waals surface area contributed by atoms with Crippen LogP contribution in [-0.4, -0.2) is 32.4 Å². The molecule has 3 aromatic heterocycles. The van der Waals surface area contributed by atoms with Crippen molar-refractivity contribution in [3.05, 3.63) is 71.7 Å². The summed E-state index contributed by atoms with van der Waals surface area (Å²) in [5, 5.41) is 8.41. The topological polar surface area (TPSA) is 77.1 Å². The first-order valence-corrected chi connectivity index (χ1v) is 10.2. The number of hydrogen-bond donors (Lipinski definition) is 0. The molecule has 5 rings (SSSR count). The van der Waals surface area contributed by atoms with Crippen molar-refractivity contribution < 1.29 is 22.5 Å². The molecule has 33 heavy (non-hydrogen) atoms. The molecule has 0 fully saturated rings. The van der Waals surface area contributed by atoms with Crippen LogP contribution in [0.15, 0.2) is 59.4 Å². The molecule has 7 nitrogen and oxygen atoms in total. The smallest absolute Gasteiger partial charge is 0.355 e. The number of aryl methyl sites for hydroxylation is 1. The maximum absolute atomic E-state index is 13.5. The number of rotatable bonds is 3. The van der Waals surface area contributed by atoms with Crippen molar-refractivity contribution in [2.24, 2.45) is 0 Å². The fraction of sp³-hybridized carbons (Fsp3) is 0.217. The van der Waals surface area contributed by atoms with Crippen LogP contribution in [0.1, 0.15) is 34.6 Å². The lowest BCUT2D eigenvalue weighted by atomic mass is 10.0. The number of anilines is 1. The number of carbonyl (C=O) groups is 1. The first-order chi connectivity index (χ1) is 15.7. The fourth-order valence-corrected chi connectivity index (χ4v) is 4.04. The van der Waals surface area contributed by atoms with Gasteiger partial charge in [-0.15, -0.1) is 0 Å². The molecule has 0 N–H and O–H groups in total. The Hall–Kier alpha value is -3.95. The molecule has 0 bridgehead atoms. The Labute approximate surface area is 186 Å². The van der Waals surface area contributed by atoms with Gasteiger partial charge >= 0.3 is 6.18 Å². The minimum atomic E-state index is -4.45. The summed E-state index contributed by atoms with van der Waals surface area (Å²) >= 11 is 0. The summed E-state index contributed by atoms with van der Waals surface area (Å²) in [6, 6.07) is 10.6. The number of benzene rings is 1. The number of nitrogens with zero attached hydrogens (tertiary/aromatic N) is 5. The van der Waals surface area contributed by atoms with Gasteiger partial charge in [-0.25, -0.2) is 0 Å². The van der Waals surface area contributed by atoms with Crippen LogP contribution in [0.2, 0.25) is 0 Å². The van der Waals surface area contributed by atoms with E-state index >= 15 is 0 Å². The monoisotopic (exact) mass is 453 g/mol. The Bertz CT molecular complexity index is 1340. The third kappa shape index (κ3) is 3.57. The summed E-state index contributed by atoms with van der Waals surface area (Å²) < 4.78 is 46.6. The third-order valence-corrected chi connectivity index (χ3v) is 5.64. The molecular weight excluding hydrogens is 435 g/mol. The van der Waals surface area contributed by atoms with Crippen molar-refractivity contribution >= 4 is 11.6 Å². The van der Waals surface area contributed by atoms with Gasteiger partial charge in [0.2, 0.25) is 0 Å². The molecule has 0 saturated heterocycles. The molecule has 0 saturated carbocycles. The molecule has 1 aliphatic heterocycles. The summed E-state index contributed by atoms with van der Waals surface area (Å²) in [5.41, 5.74) is 1.59. The Morgan fingerprint density at radius 2 is 1.94 bits per heavy atom. The number of aromatic nitrogens is 4. The van der Waals surface area contributed by atoms with Crippen molar-refractivity contribution in [3.8, 4) is 22.7 Å². The van der Waals surface area contributed by atoms with Crippen molar-refractivity contribution in [1.82, 2.24) is 19.9 Å². The molecular formula is C23H18F3N5O2. The van der Waals surface area contributed by atoms with E-state index in [1.165, 1.54) is 30.2 Å². The van der Waals surface area contributed by atoms with Crippen molar-refractivity contribution in [2.45, 2.75) is 26.1 Å². The van der Waals surface area contributed by atoms with Crippen LogP contribution in [0.5, 0.6) is 0 Å². The van der Waals surface area contributed by atoms with Gasteiger partial charge in [0, 0.05) is 24.5 Å². The maximum Gasteiger partial charge on any atom is 0.416 e. The molecule has 1 aliphatic rings. The molecule has 4 heterocycles. The van der Waals surface area contributed by atoms with Gasteiger partial charge in [-0.3, -0.25) is 14.5 Å².